The Morgan fingerprint density at radius 3 is 2.79 bits per heavy atom. The predicted molar refractivity (Wildman–Crippen MR) is 125 cm³/mol. The van der Waals surface area contributed by atoms with Crippen LogP contribution in [0.3, 0.4) is 0 Å². The summed E-state index contributed by atoms with van der Waals surface area (Å²) in [5, 5.41) is 3.62. The van der Waals surface area contributed by atoms with Gasteiger partial charge < -0.3 is 10.3 Å². The third kappa shape index (κ3) is 3.50. The predicted octanol–water partition coefficient (Wildman–Crippen LogP) is 4.72. The number of hydrogen-bond acceptors (Lipinski definition) is 6. The Labute approximate surface area is 192 Å². The maximum absolute atomic E-state index is 14.7. The van der Waals surface area contributed by atoms with E-state index < -0.39 is 17.4 Å². The number of nitrogens with one attached hydrogen (secondary N) is 2. The minimum atomic E-state index is -0.633. The maximum atomic E-state index is 14.7. The van der Waals surface area contributed by atoms with Crippen molar-refractivity contribution >= 4 is 39.5 Å². The van der Waals surface area contributed by atoms with Crippen molar-refractivity contribution < 1.29 is 4.39 Å². The van der Waals surface area contributed by atoms with E-state index in [2.05, 4.69) is 25.3 Å². The van der Waals surface area contributed by atoms with Gasteiger partial charge in [0, 0.05) is 0 Å². The monoisotopic (exact) mass is 463 g/mol. The zero-order valence-corrected chi connectivity index (χ0v) is 18.6. The molecule has 1 atom stereocenters. The Kier molecular flexibility index (Phi) is 5.26. The Bertz CT molecular complexity index is 1540. The van der Waals surface area contributed by atoms with Crippen LogP contribution in [0, 0.1) is 12.7 Å². The van der Waals surface area contributed by atoms with Crippen molar-refractivity contribution in [3.8, 4) is 5.69 Å². The normalized spacial score (nSPS) is 12.4. The van der Waals surface area contributed by atoms with Crippen LogP contribution in [0.2, 0.25) is 5.02 Å². The maximum Gasteiger partial charge on any atom is 0.269 e. The average Bonchev–Trinajstić information content (AvgIpc) is 3.28. The van der Waals surface area contributed by atoms with E-state index in [9.17, 15) is 9.18 Å². The molecule has 1 unspecified atom stereocenters. The van der Waals surface area contributed by atoms with Crippen molar-refractivity contribution in [2.75, 3.05) is 5.32 Å². The molecule has 2 N–H and O–H groups in total. The van der Waals surface area contributed by atoms with Gasteiger partial charge in [0.05, 0.1) is 28.6 Å². The largest absolute Gasteiger partial charge is 0.358 e. The summed E-state index contributed by atoms with van der Waals surface area (Å²) in [7, 11) is 0. The molecule has 3 heterocycles. The topological polar surface area (TPSA) is 101 Å². The van der Waals surface area contributed by atoms with Gasteiger partial charge in [-0.3, -0.25) is 9.36 Å². The quantitative estimate of drug-likeness (QED) is 0.391. The van der Waals surface area contributed by atoms with E-state index >= 15 is 0 Å². The highest BCUT2D eigenvalue weighted by Crippen LogP contribution is 2.30. The van der Waals surface area contributed by atoms with E-state index in [1.165, 1.54) is 29.4 Å². The van der Waals surface area contributed by atoms with Crippen LogP contribution in [0.15, 0.2) is 53.8 Å². The average molecular weight is 464 g/mol. The highest BCUT2D eigenvalue weighted by atomic mass is 35.5. The van der Waals surface area contributed by atoms with Crippen molar-refractivity contribution in [2.45, 2.75) is 26.3 Å². The number of H-pyrrole nitrogens is 1. The van der Waals surface area contributed by atoms with Crippen molar-refractivity contribution in [1.29, 1.82) is 0 Å². The molecule has 0 fully saturated rings. The van der Waals surface area contributed by atoms with Crippen LogP contribution < -0.4 is 10.9 Å². The SMILES string of the molecule is CCC(Nc1ncnc2nc[nH]c12)c1nc2cccc(F)c2c(=O)n1-c1c(C)cccc1Cl. The first-order valence-corrected chi connectivity index (χ1v) is 10.7. The van der Waals surface area contributed by atoms with Crippen molar-refractivity contribution in [3.05, 3.63) is 81.6 Å². The number of halogens is 2. The lowest BCUT2D eigenvalue weighted by atomic mass is 10.1. The highest BCUT2D eigenvalue weighted by Gasteiger charge is 2.24. The van der Waals surface area contributed by atoms with Crippen molar-refractivity contribution in [3.63, 3.8) is 0 Å². The molecule has 0 saturated heterocycles. The summed E-state index contributed by atoms with van der Waals surface area (Å²) >= 11 is 6.53. The Morgan fingerprint density at radius 2 is 2.00 bits per heavy atom. The Morgan fingerprint density at radius 1 is 1.18 bits per heavy atom. The summed E-state index contributed by atoms with van der Waals surface area (Å²) in [4.78, 5) is 34.1. The van der Waals surface area contributed by atoms with Gasteiger partial charge in [-0.05, 0) is 37.1 Å². The van der Waals surface area contributed by atoms with Gasteiger partial charge in [-0.15, -0.1) is 0 Å². The molecule has 0 aliphatic carbocycles. The summed E-state index contributed by atoms with van der Waals surface area (Å²) in [6, 6.07) is 9.28. The standard InChI is InChI=1S/C23H19ClFN7O/c1-3-15(30-21-18-20(27-10-26-18)28-11-29-21)22-31-16-9-5-8-14(25)17(16)23(33)32(22)19-12(2)6-4-7-13(19)24/h4-11,15H,3H2,1-2H3,(H2,26,27,28,29,30). The molecule has 2 aromatic carbocycles. The molecule has 33 heavy (non-hydrogen) atoms. The van der Waals surface area contributed by atoms with Gasteiger partial charge in [-0.1, -0.05) is 36.7 Å². The molecule has 3 aromatic heterocycles. The van der Waals surface area contributed by atoms with Crippen LogP contribution >= 0.6 is 11.6 Å². The molecule has 0 aliphatic heterocycles. The molecular weight excluding hydrogens is 445 g/mol. The second-order valence-corrected chi connectivity index (χ2v) is 7.99. The van der Waals surface area contributed by atoms with Gasteiger partial charge in [0.15, 0.2) is 11.5 Å². The molecule has 0 spiro atoms. The molecular formula is C23H19ClFN7O. The Balaban J connectivity index is 1.79. The fraction of sp³-hybridized carbons (Fsp3) is 0.174. The number of nitrogens with zero attached hydrogens (tertiary/aromatic N) is 5. The number of anilines is 1. The van der Waals surface area contributed by atoms with Gasteiger partial charge in [0.1, 0.15) is 28.9 Å². The summed E-state index contributed by atoms with van der Waals surface area (Å²) in [6.45, 7) is 3.80. The number of aromatic nitrogens is 6. The minimum Gasteiger partial charge on any atom is -0.358 e. The molecule has 0 amide bonds. The van der Waals surface area contributed by atoms with Crippen LogP contribution in [0.1, 0.15) is 30.8 Å². The van der Waals surface area contributed by atoms with Crippen LogP contribution in [0.25, 0.3) is 27.8 Å². The first-order chi connectivity index (χ1) is 16.0. The van der Waals surface area contributed by atoms with E-state index in [-0.39, 0.29) is 10.9 Å². The van der Waals surface area contributed by atoms with Crippen molar-refractivity contribution in [2.24, 2.45) is 0 Å². The molecule has 5 aromatic rings. The number of para-hydroxylation sites is 1. The van der Waals surface area contributed by atoms with Gasteiger partial charge in [0.25, 0.3) is 5.56 Å². The van der Waals surface area contributed by atoms with Gasteiger partial charge >= 0.3 is 0 Å². The minimum absolute atomic E-state index is 0.0894. The first-order valence-electron chi connectivity index (χ1n) is 10.4. The fourth-order valence-electron chi connectivity index (χ4n) is 3.95. The number of aromatic amines is 1. The zero-order chi connectivity index (χ0) is 23.1. The summed E-state index contributed by atoms with van der Waals surface area (Å²) in [5.41, 5.74) is 2.10. The van der Waals surface area contributed by atoms with Gasteiger partial charge in [-0.25, -0.2) is 24.3 Å². The molecule has 166 valence electrons. The van der Waals surface area contributed by atoms with E-state index in [1.807, 2.05) is 19.9 Å². The van der Waals surface area contributed by atoms with E-state index in [4.69, 9.17) is 16.6 Å². The van der Waals surface area contributed by atoms with E-state index in [0.29, 0.717) is 39.9 Å². The van der Waals surface area contributed by atoms with Crippen LogP contribution in [0.5, 0.6) is 0 Å². The first kappa shape index (κ1) is 21.0. The smallest absolute Gasteiger partial charge is 0.269 e. The number of rotatable bonds is 5. The molecule has 0 bridgehead atoms. The fourth-order valence-corrected chi connectivity index (χ4v) is 4.26. The third-order valence-electron chi connectivity index (χ3n) is 5.54. The molecule has 8 nitrogen and oxygen atoms in total. The lowest BCUT2D eigenvalue weighted by molar-refractivity contribution is 0.630. The van der Waals surface area contributed by atoms with Gasteiger partial charge in [-0.2, -0.15) is 0 Å². The number of imidazole rings is 1. The number of benzene rings is 2. The third-order valence-corrected chi connectivity index (χ3v) is 5.84. The molecule has 0 saturated carbocycles. The lowest BCUT2D eigenvalue weighted by Crippen LogP contribution is -2.29. The molecule has 10 heteroatoms. The number of aryl methyl sites for hydroxylation is 1. The van der Waals surface area contributed by atoms with E-state index in [1.54, 1.807) is 18.2 Å². The van der Waals surface area contributed by atoms with Gasteiger partial charge in [0.2, 0.25) is 0 Å². The molecule has 0 radical (unpaired) electrons. The van der Waals surface area contributed by atoms with Crippen molar-refractivity contribution in [1.82, 2.24) is 29.5 Å². The van der Waals surface area contributed by atoms with Crippen LogP contribution in [0.4, 0.5) is 10.2 Å². The second kappa shape index (κ2) is 8.25. The van der Waals surface area contributed by atoms with Crippen LogP contribution in [-0.4, -0.2) is 29.5 Å². The Hall–Kier alpha value is -3.85. The highest BCUT2D eigenvalue weighted by molar-refractivity contribution is 6.32. The zero-order valence-electron chi connectivity index (χ0n) is 17.8. The van der Waals surface area contributed by atoms with Crippen LogP contribution in [-0.2, 0) is 0 Å². The summed E-state index contributed by atoms with van der Waals surface area (Å²) < 4.78 is 16.1. The molecule has 0 aliphatic rings. The second-order valence-electron chi connectivity index (χ2n) is 7.58. The summed E-state index contributed by atoms with van der Waals surface area (Å²) in [6.07, 6.45) is 3.49. The lowest BCUT2D eigenvalue weighted by Gasteiger charge is -2.23. The molecule has 5 rings (SSSR count). The number of hydrogen-bond donors (Lipinski definition) is 2. The number of fused-ring (bicyclic) bond motifs is 2. The van der Waals surface area contributed by atoms with E-state index in [0.717, 1.165) is 5.56 Å². The summed E-state index contributed by atoms with van der Waals surface area (Å²) in [5.74, 6) is 0.273.